The molecule has 4 rings (SSSR count). The summed E-state index contributed by atoms with van der Waals surface area (Å²) in [5.74, 6) is 0.0916. The Morgan fingerprint density at radius 1 is 1.16 bits per heavy atom. The van der Waals surface area contributed by atoms with E-state index in [2.05, 4.69) is 49.0 Å². The van der Waals surface area contributed by atoms with Crippen LogP contribution in [-0.2, 0) is 6.61 Å². The fourth-order valence-electron chi connectivity index (χ4n) is 2.84. The number of rotatable bonds is 6. The average molecular weight is 593 g/mol. The Hall–Kier alpha value is -2.72. The van der Waals surface area contributed by atoms with E-state index in [1.165, 1.54) is 18.3 Å². The number of hydrazone groups is 1. The molecule has 0 unspecified atom stereocenters. The highest BCUT2D eigenvalue weighted by molar-refractivity contribution is 14.1. The van der Waals surface area contributed by atoms with Crippen LogP contribution in [0.5, 0.6) is 5.75 Å². The number of furan rings is 1. The standard InChI is InChI=1S/C23H15BrFIN2O3/c24-17-9-16-10-21(31-22(16)20(26)11-17)23(29)28-27-12-15-2-1-3-19(8-15)30-13-14-4-6-18(25)7-5-14/h1-12H,13H2,(H,28,29)/b27-12-. The van der Waals surface area contributed by atoms with Crippen molar-refractivity contribution in [1.29, 1.82) is 0 Å². The van der Waals surface area contributed by atoms with Crippen LogP contribution in [0.4, 0.5) is 4.39 Å². The van der Waals surface area contributed by atoms with Gasteiger partial charge in [-0.3, -0.25) is 4.79 Å². The fourth-order valence-corrected chi connectivity index (χ4v) is 4.50. The zero-order valence-corrected chi connectivity index (χ0v) is 19.7. The number of carbonyl (C=O) groups excluding carboxylic acids is 1. The molecule has 0 saturated heterocycles. The summed E-state index contributed by atoms with van der Waals surface area (Å²) in [6.45, 7) is 0.318. The van der Waals surface area contributed by atoms with E-state index in [1.54, 1.807) is 24.3 Å². The molecule has 0 atom stereocenters. The van der Waals surface area contributed by atoms with E-state index in [9.17, 15) is 9.18 Å². The highest BCUT2D eigenvalue weighted by atomic mass is 127. The third-order valence-corrected chi connectivity index (χ3v) is 5.58. The zero-order chi connectivity index (χ0) is 21.8. The van der Waals surface area contributed by atoms with Crippen LogP contribution in [0.1, 0.15) is 21.7 Å². The molecule has 4 aromatic rings. The number of ether oxygens (including phenoxy) is 1. The molecule has 3 aromatic carbocycles. The maximum Gasteiger partial charge on any atom is 0.307 e. The normalized spacial score (nSPS) is 11.2. The lowest BCUT2D eigenvalue weighted by Gasteiger charge is -2.07. The van der Waals surface area contributed by atoms with Crippen LogP contribution in [-0.4, -0.2) is 12.1 Å². The largest absolute Gasteiger partial charge is 0.489 e. The molecular weight excluding hydrogens is 578 g/mol. The lowest BCUT2D eigenvalue weighted by Crippen LogP contribution is -2.16. The number of halogens is 3. The Bertz CT molecular complexity index is 1270. The first-order valence-corrected chi connectivity index (χ1v) is 11.0. The SMILES string of the molecule is O=C(N/N=C\c1cccc(OCc2ccc(F)cc2)c1)c1cc2cc(Br)cc(I)c2o1. The first-order valence-electron chi connectivity index (χ1n) is 9.17. The lowest BCUT2D eigenvalue weighted by molar-refractivity contribution is 0.0929. The third kappa shape index (κ3) is 5.50. The van der Waals surface area contributed by atoms with Crippen molar-refractivity contribution in [3.63, 3.8) is 0 Å². The minimum Gasteiger partial charge on any atom is -0.489 e. The van der Waals surface area contributed by atoms with Crippen molar-refractivity contribution < 1.29 is 18.3 Å². The molecule has 156 valence electrons. The van der Waals surface area contributed by atoms with Gasteiger partial charge in [-0.15, -0.1) is 0 Å². The molecule has 0 aliphatic rings. The van der Waals surface area contributed by atoms with Gasteiger partial charge in [0.25, 0.3) is 0 Å². The smallest absolute Gasteiger partial charge is 0.307 e. The van der Waals surface area contributed by atoms with E-state index < -0.39 is 5.91 Å². The minimum atomic E-state index is -0.442. The molecule has 0 radical (unpaired) electrons. The van der Waals surface area contributed by atoms with E-state index in [0.717, 1.165) is 24.6 Å². The second-order valence-electron chi connectivity index (χ2n) is 6.60. The second kappa shape index (κ2) is 9.61. The van der Waals surface area contributed by atoms with Crippen molar-refractivity contribution in [3.8, 4) is 5.75 Å². The maximum absolute atomic E-state index is 13.0. The summed E-state index contributed by atoms with van der Waals surface area (Å²) in [5, 5.41) is 4.84. The number of carbonyl (C=O) groups is 1. The first-order chi connectivity index (χ1) is 15.0. The van der Waals surface area contributed by atoms with Gasteiger partial charge in [0.05, 0.1) is 9.78 Å². The quantitative estimate of drug-likeness (QED) is 0.163. The summed E-state index contributed by atoms with van der Waals surface area (Å²) >= 11 is 5.59. The Morgan fingerprint density at radius 3 is 2.77 bits per heavy atom. The monoisotopic (exact) mass is 592 g/mol. The van der Waals surface area contributed by atoms with Crippen LogP contribution >= 0.6 is 38.5 Å². The van der Waals surface area contributed by atoms with E-state index in [-0.39, 0.29) is 11.6 Å². The molecule has 0 bridgehead atoms. The Balaban J connectivity index is 1.38. The van der Waals surface area contributed by atoms with E-state index >= 15 is 0 Å². The first kappa shape index (κ1) is 21.5. The molecule has 1 aromatic heterocycles. The van der Waals surface area contributed by atoms with Crippen molar-refractivity contribution in [3.05, 3.63) is 97.5 Å². The van der Waals surface area contributed by atoms with Crippen molar-refractivity contribution in [1.82, 2.24) is 5.43 Å². The van der Waals surface area contributed by atoms with Crippen LogP contribution in [0.15, 0.2) is 80.7 Å². The number of hydrogen-bond acceptors (Lipinski definition) is 4. The predicted octanol–water partition coefficient (Wildman–Crippen LogP) is 6.28. The van der Waals surface area contributed by atoms with Gasteiger partial charge >= 0.3 is 5.91 Å². The fraction of sp³-hybridized carbons (Fsp3) is 0.0435. The minimum absolute atomic E-state index is 0.180. The van der Waals surface area contributed by atoms with E-state index in [4.69, 9.17) is 9.15 Å². The number of nitrogens with zero attached hydrogens (tertiary/aromatic N) is 1. The number of amides is 1. The molecule has 5 nitrogen and oxygen atoms in total. The van der Waals surface area contributed by atoms with Gasteiger partial charge in [-0.2, -0.15) is 5.10 Å². The number of hydrogen-bond donors (Lipinski definition) is 1. The molecule has 1 N–H and O–H groups in total. The predicted molar refractivity (Wildman–Crippen MR) is 129 cm³/mol. The molecule has 0 fully saturated rings. The number of fused-ring (bicyclic) bond motifs is 1. The average Bonchev–Trinajstić information content (AvgIpc) is 3.18. The van der Waals surface area contributed by atoms with Crippen LogP contribution < -0.4 is 10.2 Å². The van der Waals surface area contributed by atoms with Crippen molar-refractivity contribution in [2.75, 3.05) is 0 Å². The topological polar surface area (TPSA) is 63.8 Å². The number of nitrogens with one attached hydrogen (secondary N) is 1. The maximum atomic E-state index is 13.0. The Morgan fingerprint density at radius 2 is 1.97 bits per heavy atom. The van der Waals surface area contributed by atoms with Gasteiger partial charge in [-0.1, -0.05) is 40.2 Å². The summed E-state index contributed by atoms with van der Waals surface area (Å²) in [4.78, 5) is 12.4. The van der Waals surface area contributed by atoms with Crippen LogP contribution in [0.3, 0.4) is 0 Å². The summed E-state index contributed by atoms with van der Waals surface area (Å²) in [7, 11) is 0. The summed E-state index contributed by atoms with van der Waals surface area (Å²) in [6, 6.07) is 18.9. The Kier molecular flexibility index (Phi) is 6.67. The summed E-state index contributed by atoms with van der Waals surface area (Å²) in [5.41, 5.74) is 4.74. The van der Waals surface area contributed by atoms with Gasteiger partial charge in [0.2, 0.25) is 0 Å². The van der Waals surface area contributed by atoms with Gasteiger partial charge in [-0.05, 0) is 76.2 Å². The number of benzene rings is 3. The molecule has 0 aliphatic carbocycles. The molecule has 0 spiro atoms. The van der Waals surface area contributed by atoms with Crippen molar-refractivity contribution in [2.24, 2.45) is 5.10 Å². The molecule has 31 heavy (non-hydrogen) atoms. The van der Waals surface area contributed by atoms with E-state index in [1.807, 2.05) is 30.3 Å². The second-order valence-corrected chi connectivity index (χ2v) is 8.68. The van der Waals surface area contributed by atoms with Gasteiger partial charge in [0.1, 0.15) is 23.8 Å². The highest BCUT2D eigenvalue weighted by Gasteiger charge is 2.14. The molecular formula is C23H15BrFIN2O3. The lowest BCUT2D eigenvalue weighted by atomic mass is 10.2. The van der Waals surface area contributed by atoms with Crippen molar-refractivity contribution in [2.45, 2.75) is 6.61 Å². The van der Waals surface area contributed by atoms with Crippen LogP contribution in [0.2, 0.25) is 0 Å². The molecule has 0 saturated carbocycles. The molecule has 1 amide bonds. The van der Waals surface area contributed by atoms with Crippen LogP contribution in [0.25, 0.3) is 11.0 Å². The summed E-state index contributed by atoms with van der Waals surface area (Å²) in [6.07, 6.45) is 1.52. The molecule has 1 heterocycles. The van der Waals surface area contributed by atoms with Crippen LogP contribution in [0, 0.1) is 9.39 Å². The highest BCUT2D eigenvalue weighted by Crippen LogP contribution is 2.28. The van der Waals surface area contributed by atoms with Gasteiger partial charge < -0.3 is 9.15 Å². The van der Waals surface area contributed by atoms with Gasteiger partial charge in [0, 0.05) is 9.86 Å². The molecule has 0 aliphatic heterocycles. The summed E-state index contributed by atoms with van der Waals surface area (Å²) < 4.78 is 26.2. The van der Waals surface area contributed by atoms with Crippen molar-refractivity contribution >= 4 is 61.6 Å². The molecule has 8 heteroatoms. The third-order valence-electron chi connectivity index (χ3n) is 4.32. The van der Waals surface area contributed by atoms with E-state index in [0.29, 0.717) is 17.9 Å². The Labute approximate surface area is 199 Å². The van der Waals surface area contributed by atoms with Gasteiger partial charge in [-0.25, -0.2) is 9.82 Å². The van der Waals surface area contributed by atoms with Gasteiger partial charge in [0.15, 0.2) is 5.76 Å². The zero-order valence-electron chi connectivity index (χ0n) is 15.9.